The second kappa shape index (κ2) is 5.11. The minimum absolute atomic E-state index is 0.744. The summed E-state index contributed by atoms with van der Waals surface area (Å²) in [6, 6.07) is 22.7. The van der Waals surface area contributed by atoms with Crippen molar-refractivity contribution in [3.8, 4) is 11.3 Å². The van der Waals surface area contributed by atoms with Gasteiger partial charge in [0.15, 0.2) is 0 Å². The lowest BCUT2D eigenvalue weighted by Crippen LogP contribution is -1.91. The summed E-state index contributed by atoms with van der Waals surface area (Å²) in [7, 11) is 0. The predicted molar refractivity (Wildman–Crippen MR) is 94.4 cm³/mol. The third kappa shape index (κ3) is 2.15. The van der Waals surface area contributed by atoms with Gasteiger partial charge in [-0.3, -0.25) is 0 Å². The Labute approximate surface area is 134 Å². The normalized spacial score (nSPS) is 11.2. The summed E-state index contributed by atoms with van der Waals surface area (Å²) in [6.45, 7) is 2.11. The van der Waals surface area contributed by atoms with Gasteiger partial charge >= 0.3 is 0 Å². The van der Waals surface area contributed by atoms with E-state index < -0.39 is 0 Å². The molecule has 0 radical (unpaired) electrons. The predicted octanol–water partition coefficient (Wildman–Crippen LogP) is 6.02. The maximum Gasteiger partial charge on any atom is 0.0738 e. The lowest BCUT2D eigenvalue weighted by molar-refractivity contribution is 1.33. The van der Waals surface area contributed by atoms with Crippen LogP contribution in [-0.2, 0) is 0 Å². The molecule has 0 saturated carbocycles. The fraction of sp³-hybridized carbons (Fsp3) is 0.0500. The summed E-state index contributed by atoms with van der Waals surface area (Å²) in [5.74, 6) is 0. The zero-order chi connectivity index (χ0) is 15.1. The molecule has 0 bridgehead atoms. The molecular weight excluding hydrogens is 290 g/mol. The molecule has 0 fully saturated rings. The molecule has 1 nitrogen and oxygen atoms in total. The van der Waals surface area contributed by atoms with E-state index in [4.69, 9.17) is 16.6 Å². The van der Waals surface area contributed by atoms with E-state index in [9.17, 15) is 0 Å². The van der Waals surface area contributed by atoms with Crippen molar-refractivity contribution in [1.29, 1.82) is 0 Å². The Morgan fingerprint density at radius 2 is 1.59 bits per heavy atom. The number of rotatable bonds is 1. The number of fused-ring (bicyclic) bond motifs is 3. The van der Waals surface area contributed by atoms with E-state index in [1.165, 1.54) is 21.7 Å². The molecular formula is C20H14ClN. The summed E-state index contributed by atoms with van der Waals surface area (Å²) in [6.07, 6.45) is 0. The van der Waals surface area contributed by atoms with Gasteiger partial charge in [-0.1, -0.05) is 54.1 Å². The number of nitrogens with zero attached hydrogens (tertiary/aromatic N) is 1. The van der Waals surface area contributed by atoms with Crippen LogP contribution < -0.4 is 0 Å². The highest BCUT2D eigenvalue weighted by molar-refractivity contribution is 6.30. The molecule has 4 aromatic rings. The van der Waals surface area contributed by atoms with Gasteiger partial charge in [-0.15, -0.1) is 0 Å². The zero-order valence-electron chi connectivity index (χ0n) is 12.2. The van der Waals surface area contributed by atoms with E-state index in [-0.39, 0.29) is 0 Å². The van der Waals surface area contributed by atoms with Gasteiger partial charge in [-0.05, 0) is 47.5 Å². The molecule has 0 aliphatic heterocycles. The van der Waals surface area contributed by atoms with Crippen LogP contribution in [0.2, 0.25) is 5.02 Å². The first-order valence-electron chi connectivity index (χ1n) is 7.27. The standard InChI is InChI=1S/C20H14ClN/c1-13-12-18-17-5-3-2-4-14(17)8-11-19(18)22-20(13)15-6-9-16(21)10-7-15/h2-12H,1H3. The third-order valence-corrected chi connectivity index (χ3v) is 4.28. The molecule has 2 heteroatoms. The Morgan fingerprint density at radius 1 is 0.818 bits per heavy atom. The van der Waals surface area contributed by atoms with Crippen LogP contribution in [0.4, 0.5) is 0 Å². The smallest absolute Gasteiger partial charge is 0.0738 e. The molecule has 22 heavy (non-hydrogen) atoms. The van der Waals surface area contributed by atoms with Crippen molar-refractivity contribution in [1.82, 2.24) is 4.98 Å². The number of pyridine rings is 1. The topological polar surface area (TPSA) is 12.9 Å². The second-order valence-corrected chi connectivity index (χ2v) is 5.95. The molecule has 0 amide bonds. The van der Waals surface area contributed by atoms with Crippen molar-refractivity contribution in [2.75, 3.05) is 0 Å². The maximum absolute atomic E-state index is 5.98. The monoisotopic (exact) mass is 303 g/mol. The van der Waals surface area contributed by atoms with E-state index in [2.05, 4.69) is 49.4 Å². The number of aromatic nitrogens is 1. The van der Waals surface area contributed by atoms with E-state index in [1.54, 1.807) is 0 Å². The first-order valence-corrected chi connectivity index (χ1v) is 7.65. The number of benzene rings is 3. The Morgan fingerprint density at radius 3 is 2.41 bits per heavy atom. The van der Waals surface area contributed by atoms with Crippen molar-refractivity contribution in [3.05, 3.63) is 77.3 Å². The lowest BCUT2D eigenvalue weighted by Gasteiger charge is -2.10. The molecule has 3 aromatic carbocycles. The highest BCUT2D eigenvalue weighted by Gasteiger charge is 2.08. The molecule has 106 valence electrons. The van der Waals surface area contributed by atoms with Gasteiger partial charge in [-0.2, -0.15) is 0 Å². The van der Waals surface area contributed by atoms with Crippen LogP contribution in [0.5, 0.6) is 0 Å². The van der Waals surface area contributed by atoms with Crippen molar-refractivity contribution in [2.45, 2.75) is 6.92 Å². The van der Waals surface area contributed by atoms with Gasteiger partial charge in [0.05, 0.1) is 11.2 Å². The van der Waals surface area contributed by atoms with Crippen LogP contribution in [0.25, 0.3) is 32.9 Å². The van der Waals surface area contributed by atoms with Gasteiger partial charge in [-0.25, -0.2) is 4.98 Å². The van der Waals surface area contributed by atoms with E-state index in [0.29, 0.717) is 0 Å². The molecule has 0 aliphatic rings. The SMILES string of the molecule is Cc1cc2c(ccc3ccccc32)nc1-c1ccc(Cl)cc1. The highest BCUT2D eigenvalue weighted by atomic mass is 35.5. The van der Waals surface area contributed by atoms with E-state index in [1.807, 2.05) is 24.3 Å². The molecule has 1 aromatic heterocycles. The van der Waals surface area contributed by atoms with Crippen molar-refractivity contribution in [2.24, 2.45) is 0 Å². The number of hydrogen-bond acceptors (Lipinski definition) is 1. The Kier molecular flexibility index (Phi) is 3.09. The molecule has 0 spiro atoms. The molecule has 0 aliphatic carbocycles. The van der Waals surface area contributed by atoms with E-state index >= 15 is 0 Å². The first kappa shape index (κ1) is 13.3. The molecule has 0 saturated heterocycles. The second-order valence-electron chi connectivity index (χ2n) is 5.51. The number of halogens is 1. The average Bonchev–Trinajstić information content (AvgIpc) is 2.55. The van der Waals surface area contributed by atoms with Crippen LogP contribution in [0.1, 0.15) is 5.56 Å². The van der Waals surface area contributed by atoms with Crippen LogP contribution in [-0.4, -0.2) is 4.98 Å². The van der Waals surface area contributed by atoms with Crippen molar-refractivity contribution >= 4 is 33.3 Å². The van der Waals surface area contributed by atoms with Crippen molar-refractivity contribution < 1.29 is 0 Å². The summed E-state index contributed by atoms with van der Waals surface area (Å²) < 4.78 is 0. The van der Waals surface area contributed by atoms with Crippen LogP contribution in [0.3, 0.4) is 0 Å². The molecule has 0 atom stereocenters. The van der Waals surface area contributed by atoms with Gasteiger partial charge in [0, 0.05) is 16.0 Å². The van der Waals surface area contributed by atoms with Gasteiger partial charge in [0.2, 0.25) is 0 Å². The highest BCUT2D eigenvalue weighted by Crippen LogP contribution is 2.30. The number of hydrogen-bond donors (Lipinski definition) is 0. The summed E-state index contributed by atoms with van der Waals surface area (Å²) in [5, 5.41) is 4.44. The Hall–Kier alpha value is -2.38. The lowest BCUT2D eigenvalue weighted by atomic mass is 10.0. The third-order valence-electron chi connectivity index (χ3n) is 4.03. The Bertz CT molecular complexity index is 988. The summed E-state index contributed by atoms with van der Waals surface area (Å²) >= 11 is 5.98. The minimum Gasteiger partial charge on any atom is -0.247 e. The van der Waals surface area contributed by atoms with Crippen molar-refractivity contribution in [3.63, 3.8) is 0 Å². The maximum atomic E-state index is 5.98. The summed E-state index contributed by atoms with van der Waals surface area (Å²) in [4.78, 5) is 4.88. The average molecular weight is 304 g/mol. The fourth-order valence-corrected chi connectivity index (χ4v) is 3.05. The van der Waals surface area contributed by atoms with Crippen LogP contribution >= 0.6 is 11.6 Å². The molecule has 4 rings (SSSR count). The van der Waals surface area contributed by atoms with Gasteiger partial charge < -0.3 is 0 Å². The van der Waals surface area contributed by atoms with Gasteiger partial charge in [0.25, 0.3) is 0 Å². The Balaban J connectivity index is 2.00. The quantitative estimate of drug-likeness (QED) is 0.392. The van der Waals surface area contributed by atoms with Crippen LogP contribution in [0.15, 0.2) is 66.7 Å². The molecule has 1 heterocycles. The largest absolute Gasteiger partial charge is 0.247 e. The summed E-state index contributed by atoms with van der Waals surface area (Å²) in [5.41, 5.74) is 4.30. The first-order chi connectivity index (χ1) is 10.7. The fourth-order valence-electron chi connectivity index (χ4n) is 2.93. The zero-order valence-corrected chi connectivity index (χ0v) is 12.9. The molecule has 0 unspecified atom stereocenters. The van der Waals surface area contributed by atoms with E-state index in [0.717, 1.165) is 21.8 Å². The van der Waals surface area contributed by atoms with Crippen LogP contribution in [0, 0.1) is 6.92 Å². The van der Waals surface area contributed by atoms with Gasteiger partial charge in [0.1, 0.15) is 0 Å². The number of aryl methyl sites for hydroxylation is 1. The minimum atomic E-state index is 0.744. The molecule has 0 N–H and O–H groups in total.